The van der Waals surface area contributed by atoms with Crippen molar-refractivity contribution < 1.29 is 9.32 Å². The van der Waals surface area contributed by atoms with Crippen LogP contribution in [-0.4, -0.2) is 16.0 Å². The molecule has 0 atom stereocenters. The van der Waals surface area contributed by atoms with Gasteiger partial charge < -0.3 is 10.3 Å². The molecule has 0 fully saturated rings. The van der Waals surface area contributed by atoms with E-state index in [1.807, 2.05) is 30.3 Å². The van der Waals surface area contributed by atoms with Gasteiger partial charge in [0.1, 0.15) is 5.69 Å². The molecule has 5 nitrogen and oxygen atoms in total. The van der Waals surface area contributed by atoms with Crippen LogP contribution in [0.15, 0.2) is 47.1 Å². The van der Waals surface area contributed by atoms with Crippen molar-refractivity contribution in [3.8, 4) is 21.9 Å². The number of carbonyl (C=O) groups excluding carboxylic acids is 1. The number of aromatic nitrogens is 2. The van der Waals surface area contributed by atoms with Crippen LogP contribution in [0.1, 0.15) is 9.80 Å². The fourth-order valence-corrected chi connectivity index (χ4v) is 2.64. The fourth-order valence-electron chi connectivity index (χ4n) is 1.72. The number of rotatable bonds is 3. The first kappa shape index (κ1) is 11.6. The molecule has 0 spiro atoms. The van der Waals surface area contributed by atoms with Crippen LogP contribution in [0.25, 0.3) is 21.9 Å². The Hall–Kier alpha value is -2.47. The zero-order valence-corrected chi connectivity index (χ0v) is 10.6. The Bertz CT molecular complexity index is 705. The van der Waals surface area contributed by atoms with Gasteiger partial charge in [0, 0.05) is 6.07 Å². The van der Waals surface area contributed by atoms with Crippen molar-refractivity contribution in [2.45, 2.75) is 0 Å². The highest BCUT2D eigenvalue weighted by atomic mass is 32.1. The Morgan fingerprint density at radius 2 is 2.00 bits per heavy atom. The van der Waals surface area contributed by atoms with Crippen molar-refractivity contribution in [1.29, 1.82) is 0 Å². The molecule has 2 N–H and O–H groups in total. The first-order valence-corrected chi connectivity index (χ1v) is 6.34. The number of nitrogens with two attached hydrogens (primary N) is 1. The van der Waals surface area contributed by atoms with Gasteiger partial charge in [-0.05, 0) is 5.56 Å². The standard InChI is InChI=1S/C13H9N3O2S/c14-12(17)13-16-10(9-6-7-15-18-9)11(19-13)8-4-2-1-3-5-8/h1-7H,(H2,14,17). The number of hydrogen-bond donors (Lipinski definition) is 1. The number of amides is 1. The first-order valence-electron chi connectivity index (χ1n) is 5.53. The normalized spacial score (nSPS) is 10.5. The van der Waals surface area contributed by atoms with E-state index in [2.05, 4.69) is 10.1 Å². The molecule has 19 heavy (non-hydrogen) atoms. The van der Waals surface area contributed by atoms with Gasteiger partial charge in [0.15, 0.2) is 10.8 Å². The molecule has 2 aromatic heterocycles. The fraction of sp³-hybridized carbons (Fsp3) is 0. The number of carbonyl (C=O) groups is 1. The molecule has 0 aliphatic heterocycles. The van der Waals surface area contributed by atoms with Crippen molar-refractivity contribution in [2.24, 2.45) is 5.73 Å². The highest BCUT2D eigenvalue weighted by Crippen LogP contribution is 2.36. The lowest BCUT2D eigenvalue weighted by Crippen LogP contribution is -2.10. The van der Waals surface area contributed by atoms with Crippen molar-refractivity contribution >= 4 is 17.2 Å². The van der Waals surface area contributed by atoms with Crippen LogP contribution < -0.4 is 5.73 Å². The first-order chi connectivity index (χ1) is 9.25. The molecule has 6 heteroatoms. The van der Waals surface area contributed by atoms with Gasteiger partial charge in [-0.2, -0.15) is 0 Å². The number of thiazole rings is 1. The summed E-state index contributed by atoms with van der Waals surface area (Å²) in [4.78, 5) is 16.4. The van der Waals surface area contributed by atoms with E-state index in [-0.39, 0.29) is 5.01 Å². The lowest BCUT2D eigenvalue weighted by Gasteiger charge is -1.98. The van der Waals surface area contributed by atoms with E-state index >= 15 is 0 Å². The largest absolute Gasteiger partial charge is 0.364 e. The minimum Gasteiger partial charge on any atom is -0.364 e. The van der Waals surface area contributed by atoms with Crippen LogP contribution in [-0.2, 0) is 0 Å². The van der Waals surface area contributed by atoms with Gasteiger partial charge in [0.2, 0.25) is 0 Å². The third-order valence-corrected chi connectivity index (χ3v) is 3.66. The summed E-state index contributed by atoms with van der Waals surface area (Å²) in [5.74, 6) is -0.0319. The molecule has 3 rings (SSSR count). The smallest absolute Gasteiger partial charge is 0.277 e. The van der Waals surface area contributed by atoms with Gasteiger partial charge in [0.25, 0.3) is 5.91 Å². The van der Waals surface area contributed by atoms with Gasteiger partial charge >= 0.3 is 0 Å². The summed E-state index contributed by atoms with van der Waals surface area (Å²) in [6.45, 7) is 0. The molecule has 94 valence electrons. The van der Waals surface area contributed by atoms with Gasteiger partial charge in [-0.3, -0.25) is 4.79 Å². The number of hydrogen-bond acceptors (Lipinski definition) is 5. The van der Waals surface area contributed by atoms with Crippen molar-refractivity contribution in [2.75, 3.05) is 0 Å². The van der Waals surface area contributed by atoms with E-state index in [0.29, 0.717) is 11.5 Å². The van der Waals surface area contributed by atoms with E-state index in [1.54, 1.807) is 6.07 Å². The van der Waals surface area contributed by atoms with E-state index in [0.717, 1.165) is 10.4 Å². The quantitative estimate of drug-likeness (QED) is 0.793. The SMILES string of the molecule is NC(=O)c1nc(-c2ccno2)c(-c2ccccc2)s1. The molecule has 0 bridgehead atoms. The molecule has 0 saturated heterocycles. The molecule has 0 unspecified atom stereocenters. The average Bonchev–Trinajstić information content (AvgIpc) is 3.08. The second-order valence-electron chi connectivity index (χ2n) is 3.80. The number of nitrogens with zero attached hydrogens (tertiary/aromatic N) is 2. The van der Waals surface area contributed by atoms with Gasteiger partial charge in [-0.25, -0.2) is 4.98 Å². The molecule has 0 saturated carbocycles. The maximum Gasteiger partial charge on any atom is 0.277 e. The van der Waals surface area contributed by atoms with Gasteiger partial charge in [-0.1, -0.05) is 35.5 Å². The van der Waals surface area contributed by atoms with Crippen LogP contribution in [0.5, 0.6) is 0 Å². The predicted octanol–water partition coefficient (Wildman–Crippen LogP) is 2.56. The number of benzene rings is 1. The minimum absolute atomic E-state index is 0.255. The Morgan fingerprint density at radius 3 is 2.63 bits per heavy atom. The molecule has 0 radical (unpaired) electrons. The zero-order chi connectivity index (χ0) is 13.2. The summed E-state index contributed by atoms with van der Waals surface area (Å²) in [6.07, 6.45) is 1.54. The Balaban J connectivity index is 2.20. The van der Waals surface area contributed by atoms with Crippen LogP contribution in [0.4, 0.5) is 0 Å². The minimum atomic E-state index is -0.548. The van der Waals surface area contributed by atoms with E-state index in [1.165, 1.54) is 17.5 Å². The zero-order valence-electron chi connectivity index (χ0n) is 9.74. The van der Waals surface area contributed by atoms with E-state index in [9.17, 15) is 4.79 Å². The van der Waals surface area contributed by atoms with Crippen LogP contribution in [0.2, 0.25) is 0 Å². The summed E-state index contributed by atoms with van der Waals surface area (Å²) < 4.78 is 5.12. The summed E-state index contributed by atoms with van der Waals surface area (Å²) >= 11 is 1.25. The molecule has 0 aliphatic carbocycles. The maximum atomic E-state index is 11.3. The van der Waals surface area contributed by atoms with Crippen LogP contribution in [0, 0.1) is 0 Å². The lowest BCUT2D eigenvalue weighted by molar-refractivity contribution is 0.1000. The Morgan fingerprint density at radius 1 is 1.21 bits per heavy atom. The van der Waals surface area contributed by atoms with E-state index < -0.39 is 5.91 Å². The molecule has 1 amide bonds. The summed E-state index contributed by atoms with van der Waals surface area (Å²) in [7, 11) is 0. The molecule has 3 aromatic rings. The molecule has 1 aromatic carbocycles. The van der Waals surface area contributed by atoms with Crippen LogP contribution >= 0.6 is 11.3 Å². The summed E-state index contributed by atoms with van der Waals surface area (Å²) in [5.41, 5.74) is 6.83. The summed E-state index contributed by atoms with van der Waals surface area (Å²) in [6, 6.07) is 11.3. The van der Waals surface area contributed by atoms with E-state index in [4.69, 9.17) is 10.3 Å². The Kier molecular flexibility index (Phi) is 2.85. The third-order valence-electron chi connectivity index (χ3n) is 2.55. The highest BCUT2D eigenvalue weighted by Gasteiger charge is 2.19. The predicted molar refractivity (Wildman–Crippen MR) is 71.6 cm³/mol. The molecular weight excluding hydrogens is 262 g/mol. The second kappa shape index (κ2) is 4.66. The van der Waals surface area contributed by atoms with Crippen molar-refractivity contribution in [3.05, 3.63) is 47.6 Å². The third kappa shape index (κ3) is 2.13. The summed E-state index contributed by atoms with van der Waals surface area (Å²) in [5, 5.41) is 3.92. The molecular formula is C13H9N3O2S. The van der Waals surface area contributed by atoms with Crippen molar-refractivity contribution in [3.63, 3.8) is 0 Å². The topological polar surface area (TPSA) is 82.0 Å². The van der Waals surface area contributed by atoms with Gasteiger partial charge in [0.05, 0.1) is 11.1 Å². The number of primary amides is 1. The monoisotopic (exact) mass is 271 g/mol. The Labute approximate surface area is 112 Å². The van der Waals surface area contributed by atoms with Gasteiger partial charge in [-0.15, -0.1) is 11.3 Å². The lowest BCUT2D eigenvalue weighted by atomic mass is 10.1. The molecule has 2 heterocycles. The second-order valence-corrected chi connectivity index (χ2v) is 4.80. The molecule has 0 aliphatic rings. The maximum absolute atomic E-state index is 11.3. The van der Waals surface area contributed by atoms with Crippen molar-refractivity contribution in [1.82, 2.24) is 10.1 Å². The average molecular weight is 271 g/mol. The van der Waals surface area contributed by atoms with Crippen LogP contribution in [0.3, 0.4) is 0 Å². The highest BCUT2D eigenvalue weighted by molar-refractivity contribution is 7.17.